The summed E-state index contributed by atoms with van der Waals surface area (Å²) in [5, 5.41) is 13.0. The van der Waals surface area contributed by atoms with Gasteiger partial charge in [0, 0.05) is 43.2 Å². The number of nitrogens with one attached hydrogen (secondary N) is 1. The van der Waals surface area contributed by atoms with Crippen LogP contribution in [0.15, 0.2) is 49.4 Å². The zero-order valence-corrected chi connectivity index (χ0v) is 33.1. The van der Waals surface area contributed by atoms with Gasteiger partial charge in [-0.2, -0.15) is 5.10 Å². The molecule has 17 heteroatoms. The summed E-state index contributed by atoms with van der Waals surface area (Å²) in [4.78, 5) is 16.1. The molecule has 1 N–H and O–H groups in total. The van der Waals surface area contributed by atoms with Crippen molar-refractivity contribution in [2.24, 2.45) is 0 Å². The van der Waals surface area contributed by atoms with E-state index < -0.39 is 0 Å². The maximum Gasteiger partial charge on any atom is 0.257 e. The molecule has 1 aliphatic carbocycles. The number of aromatic nitrogens is 7. The molecule has 304 valence electrons. The van der Waals surface area contributed by atoms with E-state index in [4.69, 9.17) is 49.9 Å². The molecule has 5 heterocycles. The second-order valence-electron chi connectivity index (χ2n) is 14.4. The van der Waals surface area contributed by atoms with E-state index in [-0.39, 0.29) is 12.1 Å². The number of anilines is 2. The van der Waals surface area contributed by atoms with Crippen molar-refractivity contribution in [3.05, 3.63) is 54.5 Å². The van der Waals surface area contributed by atoms with E-state index in [2.05, 4.69) is 34.9 Å². The highest BCUT2D eigenvalue weighted by Crippen LogP contribution is 2.39. The van der Waals surface area contributed by atoms with E-state index in [1.165, 1.54) is 19.2 Å². The summed E-state index contributed by atoms with van der Waals surface area (Å²) < 4.78 is 43.7. The number of halogens is 1. The third kappa shape index (κ3) is 10.9. The van der Waals surface area contributed by atoms with E-state index in [9.17, 15) is 0 Å². The first-order chi connectivity index (χ1) is 27.5. The SMILES string of the molecule is COCCOCCOCCOCCOc1nn(C2CCC(N3[C@@H]4CC[C@H]3COC4)CC2)cc1Nc1ncc(-c2ccc(Cl)c(O[C@@H](C)Cn3cncn3)c2)cn1. The predicted molar refractivity (Wildman–Crippen MR) is 209 cm³/mol. The highest BCUT2D eigenvalue weighted by atomic mass is 35.5. The van der Waals surface area contributed by atoms with Gasteiger partial charge in [-0.15, -0.1) is 5.10 Å². The summed E-state index contributed by atoms with van der Waals surface area (Å²) in [6.45, 7) is 8.06. The van der Waals surface area contributed by atoms with Crippen LogP contribution >= 0.6 is 11.6 Å². The molecule has 0 radical (unpaired) electrons. The van der Waals surface area contributed by atoms with Crippen LogP contribution in [0.2, 0.25) is 5.02 Å². The maximum absolute atomic E-state index is 6.50. The minimum Gasteiger partial charge on any atom is -0.487 e. The number of hydrogen-bond donors (Lipinski definition) is 1. The first-order valence-corrected chi connectivity index (χ1v) is 20.1. The first-order valence-electron chi connectivity index (χ1n) is 19.7. The topological polar surface area (TPSA) is 154 Å². The van der Waals surface area contributed by atoms with Gasteiger partial charge in [-0.1, -0.05) is 17.7 Å². The molecule has 56 heavy (non-hydrogen) atoms. The Labute approximate surface area is 333 Å². The molecule has 3 aromatic heterocycles. The quantitative estimate of drug-likeness (QED) is 0.103. The lowest BCUT2D eigenvalue weighted by Gasteiger charge is -2.43. The Morgan fingerprint density at radius 1 is 0.839 bits per heavy atom. The van der Waals surface area contributed by atoms with Crippen molar-refractivity contribution in [1.82, 2.24) is 39.4 Å². The minimum atomic E-state index is -0.179. The van der Waals surface area contributed by atoms with Crippen molar-refractivity contribution >= 4 is 23.2 Å². The lowest BCUT2D eigenvalue weighted by atomic mass is 9.89. The highest BCUT2D eigenvalue weighted by Gasteiger charge is 2.42. The largest absolute Gasteiger partial charge is 0.487 e. The molecular formula is C39H54ClN9O7. The molecule has 0 unspecified atom stereocenters. The van der Waals surface area contributed by atoms with E-state index >= 15 is 0 Å². The Bertz CT molecular complexity index is 1740. The Kier molecular flexibility index (Phi) is 14.8. The molecule has 0 amide bonds. The van der Waals surface area contributed by atoms with Crippen molar-refractivity contribution < 1.29 is 33.2 Å². The minimum absolute atomic E-state index is 0.179. The third-order valence-corrected chi connectivity index (χ3v) is 10.8. The van der Waals surface area contributed by atoms with Gasteiger partial charge in [0.2, 0.25) is 5.95 Å². The number of benzene rings is 1. The smallest absolute Gasteiger partial charge is 0.257 e. The molecule has 3 aliphatic rings. The van der Waals surface area contributed by atoms with E-state index in [1.54, 1.807) is 30.5 Å². The normalized spacial score (nSPS) is 21.6. The Morgan fingerprint density at radius 2 is 1.50 bits per heavy atom. The molecule has 7 rings (SSSR count). The average Bonchev–Trinajstić information content (AvgIpc) is 3.94. The Morgan fingerprint density at radius 3 is 2.18 bits per heavy atom. The van der Waals surface area contributed by atoms with Gasteiger partial charge in [-0.05, 0) is 63.1 Å². The molecular weight excluding hydrogens is 742 g/mol. The van der Waals surface area contributed by atoms with Crippen molar-refractivity contribution in [3.63, 3.8) is 0 Å². The van der Waals surface area contributed by atoms with Crippen LogP contribution in [0.4, 0.5) is 11.6 Å². The summed E-state index contributed by atoms with van der Waals surface area (Å²) in [5.41, 5.74) is 2.40. The van der Waals surface area contributed by atoms with Crippen molar-refractivity contribution in [3.8, 4) is 22.8 Å². The summed E-state index contributed by atoms with van der Waals surface area (Å²) in [5.74, 6) is 1.48. The monoisotopic (exact) mass is 795 g/mol. The number of rotatable bonds is 22. The summed E-state index contributed by atoms with van der Waals surface area (Å²) in [6, 6.07) is 7.67. The van der Waals surface area contributed by atoms with E-state index in [0.717, 1.165) is 50.0 Å². The second kappa shape index (κ2) is 20.5. The molecule has 0 spiro atoms. The molecule has 1 aromatic carbocycles. The van der Waals surface area contributed by atoms with Gasteiger partial charge in [0.1, 0.15) is 36.8 Å². The van der Waals surface area contributed by atoms with E-state index in [1.807, 2.05) is 31.3 Å². The van der Waals surface area contributed by atoms with Crippen molar-refractivity contribution in [2.45, 2.75) is 82.3 Å². The van der Waals surface area contributed by atoms with Gasteiger partial charge in [0.25, 0.3) is 5.88 Å². The van der Waals surface area contributed by atoms with Gasteiger partial charge in [0.15, 0.2) is 0 Å². The summed E-state index contributed by atoms with van der Waals surface area (Å²) in [7, 11) is 1.65. The molecule has 4 aromatic rings. The first kappa shape index (κ1) is 40.3. The van der Waals surface area contributed by atoms with Crippen molar-refractivity contribution in [2.75, 3.05) is 78.5 Å². The van der Waals surface area contributed by atoms with Crippen LogP contribution in [-0.4, -0.2) is 137 Å². The number of fused-ring (bicyclic) bond motifs is 2. The average molecular weight is 796 g/mol. The van der Waals surface area contributed by atoms with Crippen LogP contribution in [0.5, 0.6) is 11.6 Å². The zero-order chi connectivity index (χ0) is 38.5. The zero-order valence-electron chi connectivity index (χ0n) is 32.3. The maximum atomic E-state index is 6.50. The van der Waals surface area contributed by atoms with Gasteiger partial charge < -0.3 is 38.5 Å². The molecule has 2 bridgehead atoms. The molecule has 1 saturated carbocycles. The Balaban J connectivity index is 0.957. The fourth-order valence-electron chi connectivity index (χ4n) is 7.79. The molecule has 16 nitrogen and oxygen atoms in total. The van der Waals surface area contributed by atoms with Gasteiger partial charge in [-0.25, -0.2) is 19.6 Å². The van der Waals surface area contributed by atoms with Crippen LogP contribution in [-0.2, 0) is 30.2 Å². The molecule has 2 saturated heterocycles. The van der Waals surface area contributed by atoms with Crippen LogP contribution in [0.3, 0.4) is 0 Å². The van der Waals surface area contributed by atoms with Crippen LogP contribution in [0.1, 0.15) is 51.5 Å². The lowest BCUT2D eigenvalue weighted by molar-refractivity contribution is -0.0458. The van der Waals surface area contributed by atoms with Crippen LogP contribution < -0.4 is 14.8 Å². The van der Waals surface area contributed by atoms with Crippen LogP contribution in [0, 0.1) is 0 Å². The standard InChI is InChI=1S/C39H54ClN9O7/c1-28(22-47-27-41-26-44-47)56-37-19-29(3-10-35(37)40)30-20-42-39(43-21-30)45-36-23-48(31-4-6-32(7-5-31)49-33-8-9-34(49)25-54-24-33)46-38(36)55-18-17-53-16-15-52-14-13-51-12-11-50-2/h3,10,19-21,23,26-28,31-34H,4-9,11-18,22,24-25H2,1-2H3,(H,42,43,45)/t28-,31?,32?,33-,34+/m0/s1. The lowest BCUT2D eigenvalue weighted by Crippen LogP contribution is -2.52. The molecule has 2 aliphatic heterocycles. The number of morpholine rings is 1. The van der Waals surface area contributed by atoms with Gasteiger partial charge in [0.05, 0.1) is 83.3 Å². The van der Waals surface area contributed by atoms with Gasteiger partial charge in [-0.3, -0.25) is 9.58 Å². The van der Waals surface area contributed by atoms with E-state index in [0.29, 0.717) is 106 Å². The van der Waals surface area contributed by atoms with Crippen LogP contribution in [0.25, 0.3) is 11.1 Å². The summed E-state index contributed by atoms with van der Waals surface area (Å²) in [6.07, 6.45) is 15.4. The molecule has 3 atom stereocenters. The van der Waals surface area contributed by atoms with Crippen molar-refractivity contribution in [1.29, 1.82) is 0 Å². The van der Waals surface area contributed by atoms with Gasteiger partial charge >= 0.3 is 0 Å². The summed E-state index contributed by atoms with van der Waals surface area (Å²) >= 11 is 6.50. The number of hydrogen-bond acceptors (Lipinski definition) is 14. The fraction of sp³-hybridized carbons (Fsp3) is 0.615. The highest BCUT2D eigenvalue weighted by molar-refractivity contribution is 6.32. The predicted octanol–water partition coefficient (Wildman–Crippen LogP) is 5.22. The Hall–Kier alpha value is -3.90. The number of nitrogens with zero attached hydrogens (tertiary/aromatic N) is 8. The molecule has 3 fully saturated rings. The number of ether oxygens (including phenoxy) is 7. The third-order valence-electron chi connectivity index (χ3n) is 10.5. The fourth-order valence-corrected chi connectivity index (χ4v) is 7.95. The number of methoxy groups -OCH3 is 1. The second-order valence-corrected chi connectivity index (χ2v) is 14.9.